The predicted molar refractivity (Wildman–Crippen MR) is 459 cm³/mol. The SMILES string of the molecule is CC(=NCC(=O)c1ccc(C(=O)O)c([N+](=O)[O-])c1)c1nn(C)c(-c2ccc(C)cc2)c1O.CC(=NCC(=O)c1ccc(C(=O)O)s1)c1nn(C)c(-c2ccc(Cl)c(Cl)c2)c1O.COC(=O)c1ccc(C(=O)CN=C(C)c2nn(C)c(-c3ccc(C)cc3)c2O)s1.COC(=O)c1ccc(C(=O)CN=C(C)c2nn(C)c(-c3ccc(Cl)c(Cl)c3)c2O)s1. The maximum atomic E-state index is 12.5. The molecule has 0 saturated heterocycles. The summed E-state index contributed by atoms with van der Waals surface area (Å²) >= 11 is 27.1. The molecule has 120 heavy (non-hydrogen) atoms. The highest BCUT2D eigenvalue weighted by Crippen LogP contribution is 2.39. The molecule has 0 aliphatic rings. The van der Waals surface area contributed by atoms with Crippen LogP contribution in [0, 0.1) is 24.0 Å². The molecular formula is C82H73Cl4N13O18S3. The summed E-state index contributed by atoms with van der Waals surface area (Å²) in [6.07, 6.45) is 0. The number of nitro benzene ring substituents is 1. The Morgan fingerprint density at radius 3 is 0.983 bits per heavy atom. The normalized spacial score (nSPS) is 11.5. The molecule has 5 aromatic carbocycles. The molecule has 38 heteroatoms. The molecule has 7 heterocycles. The second-order valence-electron chi connectivity index (χ2n) is 26.0. The summed E-state index contributed by atoms with van der Waals surface area (Å²) < 4.78 is 15.4. The first-order valence-electron chi connectivity index (χ1n) is 35.3. The van der Waals surface area contributed by atoms with Crippen molar-refractivity contribution in [3.8, 4) is 68.0 Å². The number of halogens is 4. The number of ether oxygens (including phenoxy) is 2. The van der Waals surface area contributed by atoms with Gasteiger partial charge in [0.1, 0.15) is 91.9 Å². The number of aryl methyl sites for hydroxylation is 6. The molecule has 0 atom stereocenters. The quantitative estimate of drug-likeness (QED) is 0.0102. The summed E-state index contributed by atoms with van der Waals surface area (Å²) in [5.74, 6) is -5.07. The van der Waals surface area contributed by atoms with Crippen LogP contribution in [-0.2, 0) is 37.7 Å². The minimum Gasteiger partial charge on any atom is -0.504 e. The number of aromatic nitrogens is 8. The molecule has 0 bridgehead atoms. The lowest BCUT2D eigenvalue weighted by molar-refractivity contribution is -0.385. The van der Waals surface area contributed by atoms with E-state index in [0.29, 0.717) is 107 Å². The molecule has 12 aromatic rings. The predicted octanol–water partition coefficient (Wildman–Crippen LogP) is 16.2. The summed E-state index contributed by atoms with van der Waals surface area (Å²) in [6, 6.07) is 37.5. The number of carboxylic acids is 2. The largest absolute Gasteiger partial charge is 0.504 e. The minimum atomic E-state index is -1.46. The van der Waals surface area contributed by atoms with Crippen LogP contribution in [0.5, 0.6) is 23.0 Å². The van der Waals surface area contributed by atoms with Crippen LogP contribution < -0.4 is 0 Å². The highest BCUT2D eigenvalue weighted by Gasteiger charge is 2.28. The van der Waals surface area contributed by atoms with Crippen molar-refractivity contribution in [1.29, 1.82) is 0 Å². The van der Waals surface area contributed by atoms with Gasteiger partial charge >= 0.3 is 23.9 Å². The Morgan fingerprint density at radius 1 is 0.400 bits per heavy atom. The number of ketones is 4. The fraction of sp³-hybridized carbons (Fsp3) is 0.195. The fourth-order valence-corrected chi connectivity index (χ4v) is 14.5. The molecule has 0 saturated carbocycles. The van der Waals surface area contributed by atoms with Crippen LogP contribution in [-0.4, -0.2) is 185 Å². The summed E-state index contributed by atoms with van der Waals surface area (Å²) in [4.78, 5) is 124. The van der Waals surface area contributed by atoms with Crippen LogP contribution in [0.3, 0.4) is 0 Å². The van der Waals surface area contributed by atoms with Crippen LogP contribution in [0.2, 0.25) is 20.1 Å². The number of hydrogen-bond acceptors (Lipinski definition) is 27. The van der Waals surface area contributed by atoms with Crippen LogP contribution in [0.4, 0.5) is 5.69 Å². The average Bonchev–Trinajstić information content (AvgIpc) is 1.58. The van der Waals surface area contributed by atoms with Crippen LogP contribution in [0.25, 0.3) is 45.0 Å². The smallest absolute Gasteiger partial charge is 0.348 e. The van der Waals surface area contributed by atoms with Crippen molar-refractivity contribution >= 4 is 156 Å². The number of esters is 2. The van der Waals surface area contributed by atoms with Gasteiger partial charge in [-0.05, 0) is 114 Å². The second-order valence-corrected chi connectivity index (χ2v) is 30.9. The number of aliphatic imine (C=N–C) groups is 4. The first-order valence-corrected chi connectivity index (χ1v) is 39.3. The number of aromatic carboxylic acids is 2. The van der Waals surface area contributed by atoms with Crippen molar-refractivity contribution in [1.82, 2.24) is 39.1 Å². The number of thiophene rings is 3. The molecule has 0 amide bonds. The monoisotopic (exact) mass is 1760 g/mol. The van der Waals surface area contributed by atoms with Gasteiger partial charge in [-0.3, -0.25) is 68.0 Å². The highest BCUT2D eigenvalue weighted by molar-refractivity contribution is 7.16. The van der Waals surface area contributed by atoms with E-state index < -0.39 is 45.8 Å². The topological polar surface area (TPSA) is 440 Å². The molecule has 0 aliphatic carbocycles. The maximum Gasteiger partial charge on any atom is 0.348 e. The van der Waals surface area contributed by atoms with Crippen LogP contribution in [0.15, 0.2) is 159 Å². The Hall–Kier alpha value is -13.0. The van der Waals surface area contributed by atoms with E-state index in [2.05, 4.69) is 49.8 Å². The summed E-state index contributed by atoms with van der Waals surface area (Å²) in [6.45, 7) is 9.71. The number of nitrogens with zero attached hydrogens (tertiary/aromatic N) is 13. The van der Waals surface area contributed by atoms with Gasteiger partial charge in [-0.1, -0.05) is 118 Å². The van der Waals surface area contributed by atoms with Crippen molar-refractivity contribution in [2.75, 3.05) is 40.4 Å². The zero-order valence-electron chi connectivity index (χ0n) is 65.7. The van der Waals surface area contributed by atoms with E-state index in [1.807, 2.05) is 62.4 Å². The number of nitro groups is 1. The first-order chi connectivity index (χ1) is 56.8. The summed E-state index contributed by atoms with van der Waals surface area (Å²) in [5, 5.41) is 90.6. The Bertz CT molecular complexity index is 6140. The Balaban J connectivity index is 0.000000182. The molecule has 6 N–H and O–H groups in total. The van der Waals surface area contributed by atoms with Crippen LogP contribution >= 0.6 is 80.4 Å². The number of hydrogen-bond donors (Lipinski definition) is 6. The number of Topliss-reactive ketones (excluding diaryl/α,β-unsaturated/α-hetero) is 4. The molecule has 0 spiro atoms. The summed E-state index contributed by atoms with van der Waals surface area (Å²) in [7, 11) is 9.35. The number of carbonyl (C=O) groups is 8. The van der Waals surface area contributed by atoms with Gasteiger partial charge in [0.05, 0.1) is 76.7 Å². The number of carbonyl (C=O) groups excluding carboxylic acids is 6. The molecule has 0 unspecified atom stereocenters. The Kier molecular flexibility index (Phi) is 30.3. The molecule has 12 rings (SSSR count). The van der Waals surface area contributed by atoms with E-state index in [1.165, 1.54) is 52.5 Å². The van der Waals surface area contributed by atoms with E-state index >= 15 is 0 Å². The van der Waals surface area contributed by atoms with Gasteiger partial charge in [-0.2, -0.15) is 20.4 Å². The third-order valence-corrected chi connectivity index (χ3v) is 22.5. The van der Waals surface area contributed by atoms with Crippen LogP contribution in [0.1, 0.15) is 140 Å². The lowest BCUT2D eigenvalue weighted by Gasteiger charge is -2.04. The molecule has 0 fully saturated rings. The summed E-state index contributed by atoms with van der Waals surface area (Å²) in [5.41, 5.74) is 8.38. The maximum absolute atomic E-state index is 12.5. The zero-order valence-corrected chi connectivity index (χ0v) is 71.2. The number of benzene rings is 5. The van der Waals surface area contributed by atoms with E-state index in [0.717, 1.165) is 68.4 Å². The highest BCUT2D eigenvalue weighted by atomic mass is 35.5. The fourth-order valence-electron chi connectivity index (χ4n) is 11.5. The Labute approximate surface area is 715 Å². The van der Waals surface area contributed by atoms with E-state index in [-0.39, 0.29) is 94.0 Å². The van der Waals surface area contributed by atoms with Gasteiger partial charge < -0.3 is 40.1 Å². The lowest BCUT2D eigenvalue weighted by atomic mass is 10.1. The van der Waals surface area contributed by atoms with E-state index in [1.54, 1.807) is 115 Å². The zero-order chi connectivity index (χ0) is 88.0. The van der Waals surface area contributed by atoms with Gasteiger partial charge in [0, 0.05) is 62.1 Å². The van der Waals surface area contributed by atoms with Crippen molar-refractivity contribution in [2.24, 2.45) is 48.2 Å². The number of aromatic hydroxyl groups is 4. The molecule has 620 valence electrons. The van der Waals surface area contributed by atoms with Gasteiger partial charge in [0.25, 0.3) is 5.69 Å². The van der Waals surface area contributed by atoms with Crippen molar-refractivity contribution < 1.29 is 83.4 Å². The first kappa shape index (κ1) is 90.9. The standard InChI is InChI=1S/C22H20N4O6.C21H21N3O4S.C20H17Cl2N3O4S.C19H15Cl2N3O4S/c1-12-4-6-14(7-5-12)20-21(28)19(24-25(20)3)13(2)23-11-18(27)15-8-9-16(22(29)30)17(10-15)26(31)32;1-12-5-7-14(8-6-12)19-20(26)18(23-24(19)3)13(2)22-11-15(25)16-9-10-17(29-16)21(27)28-4;1-10(23-9-14(26)15-6-7-16(30-15)20(28)29-3)17-19(27)18(25(2)24-17)11-4-5-12(21)13(22)8-11;1-9(22-8-13(25)14-5-6-15(29-14)19(27)28)16-18(26)17(24(2)23-16)10-3-4-11(20)12(21)7-10/h4-10,28H,11H2,1-3H3,(H,29,30);5-10,26H,11H2,1-4H3;4-8,27H,9H2,1-3H3;3-7,26H,8H2,1-2H3,(H,27,28). The number of methoxy groups -OCH3 is 2. The van der Waals surface area contributed by atoms with Crippen molar-refractivity contribution in [3.05, 3.63) is 244 Å². The van der Waals surface area contributed by atoms with Gasteiger partial charge in [-0.15, -0.1) is 34.0 Å². The van der Waals surface area contributed by atoms with E-state index in [4.69, 9.17) is 56.6 Å². The Morgan fingerprint density at radius 2 is 0.692 bits per heavy atom. The third-order valence-electron chi connectivity index (χ3n) is 17.7. The van der Waals surface area contributed by atoms with Gasteiger partial charge in [0.2, 0.25) is 0 Å². The minimum absolute atomic E-state index is 0.0224. The molecule has 7 aromatic heterocycles. The average molecular weight is 1770 g/mol. The molecule has 0 radical (unpaired) electrons. The number of rotatable bonds is 25. The molecular weight excluding hydrogens is 1690 g/mol. The molecule has 0 aliphatic heterocycles. The van der Waals surface area contributed by atoms with Crippen molar-refractivity contribution in [2.45, 2.75) is 41.5 Å². The lowest BCUT2D eigenvalue weighted by Crippen LogP contribution is -2.09. The molecule has 31 nitrogen and oxygen atoms in total. The van der Waals surface area contributed by atoms with Gasteiger partial charge in [0.15, 0.2) is 46.1 Å². The number of carboxylic acid groups (broad SMARTS) is 2. The third kappa shape index (κ3) is 21.7. The van der Waals surface area contributed by atoms with Crippen molar-refractivity contribution in [3.63, 3.8) is 0 Å². The van der Waals surface area contributed by atoms with Gasteiger partial charge in [-0.25, -0.2) is 19.2 Å². The van der Waals surface area contributed by atoms with E-state index in [9.17, 15) is 68.9 Å². The second kappa shape index (κ2) is 40.0.